The van der Waals surface area contributed by atoms with Crippen LogP contribution < -0.4 is 5.32 Å². The van der Waals surface area contributed by atoms with Gasteiger partial charge >= 0.3 is 0 Å². The fourth-order valence-electron chi connectivity index (χ4n) is 1.93. The molecule has 2 aromatic rings. The van der Waals surface area contributed by atoms with Crippen LogP contribution in [0.4, 0.5) is 0 Å². The Bertz CT molecular complexity index is 701. The van der Waals surface area contributed by atoms with Crippen molar-refractivity contribution in [3.63, 3.8) is 0 Å². The molecular weight excluding hydrogens is 300 g/mol. The van der Waals surface area contributed by atoms with Crippen molar-refractivity contribution in [1.82, 2.24) is 10.3 Å². The molecule has 22 heavy (non-hydrogen) atoms. The molecule has 0 aliphatic heterocycles. The molecule has 0 radical (unpaired) electrons. The standard InChI is InChI=1S/C16H18N2O3S/c19-16(18-12-15-8-4-5-10-17-15)9-11-22(20,21)13-14-6-2-1-3-7-14/h1-8,10H,9,11-13H2,(H,18,19). The minimum Gasteiger partial charge on any atom is -0.350 e. The maximum atomic E-state index is 12.0. The number of aromatic nitrogens is 1. The lowest BCUT2D eigenvalue weighted by Crippen LogP contribution is -2.25. The number of hydrogen-bond acceptors (Lipinski definition) is 4. The van der Waals surface area contributed by atoms with Gasteiger partial charge in [0.1, 0.15) is 0 Å². The van der Waals surface area contributed by atoms with Gasteiger partial charge in [-0.2, -0.15) is 0 Å². The second-order valence-electron chi connectivity index (χ2n) is 4.93. The predicted molar refractivity (Wildman–Crippen MR) is 84.6 cm³/mol. The first-order valence-electron chi connectivity index (χ1n) is 6.96. The van der Waals surface area contributed by atoms with Crippen molar-refractivity contribution >= 4 is 15.7 Å². The Balaban J connectivity index is 1.78. The van der Waals surface area contributed by atoms with E-state index in [-0.39, 0.29) is 23.8 Å². The van der Waals surface area contributed by atoms with Crippen molar-refractivity contribution in [3.8, 4) is 0 Å². The van der Waals surface area contributed by atoms with Crippen LogP contribution in [-0.4, -0.2) is 25.1 Å². The topological polar surface area (TPSA) is 76.1 Å². The Hall–Kier alpha value is -2.21. The van der Waals surface area contributed by atoms with Crippen LogP contribution in [0.3, 0.4) is 0 Å². The number of benzene rings is 1. The van der Waals surface area contributed by atoms with Crippen molar-refractivity contribution in [2.24, 2.45) is 0 Å². The summed E-state index contributed by atoms with van der Waals surface area (Å²) in [5, 5.41) is 2.67. The monoisotopic (exact) mass is 318 g/mol. The first-order chi connectivity index (χ1) is 10.6. The third kappa shape index (κ3) is 5.65. The largest absolute Gasteiger partial charge is 0.350 e. The molecule has 0 unspecified atom stereocenters. The van der Waals surface area contributed by atoms with E-state index in [0.717, 1.165) is 11.3 Å². The summed E-state index contributed by atoms with van der Waals surface area (Å²) in [4.78, 5) is 15.8. The number of nitrogens with one attached hydrogen (secondary N) is 1. The van der Waals surface area contributed by atoms with Crippen LogP contribution in [0.2, 0.25) is 0 Å². The number of carbonyl (C=O) groups is 1. The average molecular weight is 318 g/mol. The summed E-state index contributed by atoms with van der Waals surface area (Å²) in [5.41, 5.74) is 1.47. The second kappa shape index (κ2) is 7.70. The van der Waals surface area contributed by atoms with E-state index < -0.39 is 9.84 Å². The maximum absolute atomic E-state index is 12.0. The molecule has 1 N–H and O–H groups in total. The van der Waals surface area contributed by atoms with Gasteiger partial charge < -0.3 is 5.32 Å². The van der Waals surface area contributed by atoms with Gasteiger partial charge in [0, 0.05) is 12.6 Å². The van der Waals surface area contributed by atoms with E-state index in [2.05, 4.69) is 10.3 Å². The molecule has 0 spiro atoms. The lowest BCUT2D eigenvalue weighted by Gasteiger charge is -2.06. The summed E-state index contributed by atoms with van der Waals surface area (Å²) in [5.74, 6) is -0.487. The molecule has 0 aliphatic rings. The SMILES string of the molecule is O=C(CCS(=O)(=O)Cc1ccccc1)NCc1ccccn1. The second-order valence-corrected chi connectivity index (χ2v) is 7.11. The minimum absolute atomic E-state index is 0.0397. The summed E-state index contributed by atoms with van der Waals surface area (Å²) >= 11 is 0. The summed E-state index contributed by atoms with van der Waals surface area (Å²) in [6, 6.07) is 14.4. The average Bonchev–Trinajstić information content (AvgIpc) is 2.53. The van der Waals surface area contributed by atoms with E-state index in [1.807, 2.05) is 12.1 Å². The Kier molecular flexibility index (Phi) is 5.66. The van der Waals surface area contributed by atoms with Crippen molar-refractivity contribution in [2.45, 2.75) is 18.7 Å². The highest BCUT2D eigenvalue weighted by molar-refractivity contribution is 7.90. The molecule has 0 bridgehead atoms. The Labute approximate surface area is 130 Å². The molecule has 1 aromatic carbocycles. The van der Waals surface area contributed by atoms with E-state index in [1.165, 1.54) is 0 Å². The van der Waals surface area contributed by atoms with Crippen LogP contribution in [0.5, 0.6) is 0 Å². The fourth-order valence-corrected chi connectivity index (χ4v) is 3.27. The third-order valence-electron chi connectivity index (χ3n) is 3.06. The van der Waals surface area contributed by atoms with Crippen molar-refractivity contribution < 1.29 is 13.2 Å². The number of pyridine rings is 1. The number of amides is 1. The normalized spacial score (nSPS) is 11.1. The van der Waals surface area contributed by atoms with Gasteiger partial charge in [-0.15, -0.1) is 0 Å². The highest BCUT2D eigenvalue weighted by Gasteiger charge is 2.14. The van der Waals surface area contributed by atoms with Gasteiger partial charge in [-0.3, -0.25) is 9.78 Å². The van der Waals surface area contributed by atoms with Crippen molar-refractivity contribution in [3.05, 3.63) is 66.0 Å². The molecule has 6 heteroatoms. The van der Waals surface area contributed by atoms with E-state index in [1.54, 1.807) is 42.6 Å². The van der Waals surface area contributed by atoms with Gasteiger partial charge in [-0.05, 0) is 17.7 Å². The molecule has 2 rings (SSSR count). The quantitative estimate of drug-likeness (QED) is 0.843. The summed E-state index contributed by atoms with van der Waals surface area (Å²) in [6.45, 7) is 0.304. The molecule has 0 fully saturated rings. The summed E-state index contributed by atoms with van der Waals surface area (Å²) < 4.78 is 24.0. The molecule has 1 amide bonds. The molecule has 116 valence electrons. The fraction of sp³-hybridized carbons (Fsp3) is 0.250. The van der Waals surface area contributed by atoms with E-state index in [0.29, 0.717) is 6.54 Å². The number of rotatable bonds is 7. The van der Waals surface area contributed by atoms with Crippen molar-refractivity contribution in [1.29, 1.82) is 0 Å². The van der Waals surface area contributed by atoms with Gasteiger partial charge in [0.2, 0.25) is 5.91 Å². The first kappa shape index (κ1) is 16.2. The predicted octanol–water partition coefficient (Wildman–Crippen LogP) is 1.70. The summed E-state index contributed by atoms with van der Waals surface area (Å²) in [6.07, 6.45) is 1.60. The molecular formula is C16H18N2O3S. The molecule has 5 nitrogen and oxygen atoms in total. The van der Waals surface area contributed by atoms with Crippen LogP contribution in [0.1, 0.15) is 17.7 Å². The van der Waals surface area contributed by atoms with Crippen LogP contribution in [0.15, 0.2) is 54.7 Å². The van der Waals surface area contributed by atoms with Gasteiger partial charge in [-0.25, -0.2) is 8.42 Å². The number of nitrogens with zero attached hydrogens (tertiary/aromatic N) is 1. The van der Waals surface area contributed by atoms with Gasteiger partial charge in [0.05, 0.1) is 23.7 Å². The van der Waals surface area contributed by atoms with E-state index in [4.69, 9.17) is 0 Å². The van der Waals surface area contributed by atoms with E-state index >= 15 is 0 Å². The van der Waals surface area contributed by atoms with Gasteiger partial charge in [0.15, 0.2) is 9.84 Å². The molecule has 0 atom stereocenters. The number of carbonyl (C=O) groups excluding carboxylic acids is 1. The molecule has 1 aromatic heterocycles. The van der Waals surface area contributed by atoms with Crippen LogP contribution in [0, 0.1) is 0 Å². The Morgan fingerprint density at radius 3 is 2.45 bits per heavy atom. The first-order valence-corrected chi connectivity index (χ1v) is 8.78. The Morgan fingerprint density at radius 1 is 1.05 bits per heavy atom. The van der Waals surface area contributed by atoms with Crippen molar-refractivity contribution in [2.75, 3.05) is 5.75 Å². The van der Waals surface area contributed by atoms with Crippen LogP contribution in [0.25, 0.3) is 0 Å². The molecule has 0 aliphatic carbocycles. The zero-order valence-electron chi connectivity index (χ0n) is 12.1. The zero-order valence-corrected chi connectivity index (χ0v) is 12.9. The Morgan fingerprint density at radius 2 is 1.77 bits per heavy atom. The van der Waals surface area contributed by atoms with Gasteiger partial charge in [-0.1, -0.05) is 36.4 Å². The smallest absolute Gasteiger partial charge is 0.221 e. The lowest BCUT2D eigenvalue weighted by atomic mass is 10.2. The van der Waals surface area contributed by atoms with Gasteiger partial charge in [0.25, 0.3) is 0 Å². The molecule has 1 heterocycles. The molecule has 0 saturated heterocycles. The maximum Gasteiger partial charge on any atom is 0.221 e. The number of sulfone groups is 1. The third-order valence-corrected chi connectivity index (χ3v) is 4.66. The minimum atomic E-state index is -3.29. The lowest BCUT2D eigenvalue weighted by molar-refractivity contribution is -0.120. The number of hydrogen-bond donors (Lipinski definition) is 1. The highest BCUT2D eigenvalue weighted by atomic mass is 32.2. The van der Waals surface area contributed by atoms with Crippen LogP contribution >= 0.6 is 0 Å². The zero-order chi connectivity index (χ0) is 15.8. The van der Waals surface area contributed by atoms with Crippen LogP contribution in [-0.2, 0) is 26.9 Å². The summed E-state index contributed by atoms with van der Waals surface area (Å²) in [7, 11) is -3.29. The molecule has 0 saturated carbocycles. The highest BCUT2D eigenvalue weighted by Crippen LogP contribution is 2.07. The van der Waals surface area contributed by atoms with E-state index in [9.17, 15) is 13.2 Å².